The molecule has 0 N–H and O–H groups in total. The highest BCUT2D eigenvalue weighted by atomic mass is 19.1. The van der Waals surface area contributed by atoms with Gasteiger partial charge < -0.3 is 14.5 Å². The van der Waals surface area contributed by atoms with Crippen LogP contribution in [-0.2, 0) is 4.74 Å². The minimum absolute atomic E-state index is 0.0246. The Balaban J connectivity index is 1.77. The minimum Gasteiger partial charge on any atom is -0.378 e. The normalized spacial score (nSPS) is 17.6. The van der Waals surface area contributed by atoms with Crippen LogP contribution in [0, 0.1) is 5.82 Å². The van der Waals surface area contributed by atoms with Crippen molar-refractivity contribution in [3.05, 3.63) is 65.5 Å². The van der Waals surface area contributed by atoms with E-state index in [1.54, 1.807) is 11.0 Å². The van der Waals surface area contributed by atoms with E-state index in [2.05, 4.69) is 0 Å². The van der Waals surface area contributed by atoms with Crippen molar-refractivity contribution in [2.75, 3.05) is 38.7 Å². The second kappa shape index (κ2) is 7.01. The standard InChI is InChI=1S/C19H21FN2O2/c1-21(2)17-8-4-6-15(12-17)19(23)22-9-10-24-18(13-22)14-5-3-7-16(20)11-14/h3-8,11-12,18H,9-10,13H2,1-2H3/t18-/m0/s1. The molecule has 126 valence electrons. The summed E-state index contributed by atoms with van der Waals surface area (Å²) in [6.45, 7) is 1.41. The summed E-state index contributed by atoms with van der Waals surface area (Å²) in [5.74, 6) is -0.318. The highest BCUT2D eigenvalue weighted by Crippen LogP contribution is 2.24. The molecule has 5 heteroatoms. The summed E-state index contributed by atoms with van der Waals surface area (Å²) in [7, 11) is 3.89. The maximum atomic E-state index is 13.4. The van der Waals surface area contributed by atoms with Crippen LogP contribution in [0.3, 0.4) is 0 Å². The number of anilines is 1. The fourth-order valence-corrected chi connectivity index (χ4v) is 2.84. The number of benzene rings is 2. The lowest BCUT2D eigenvalue weighted by Crippen LogP contribution is -2.42. The van der Waals surface area contributed by atoms with Crippen LogP contribution < -0.4 is 4.90 Å². The fourth-order valence-electron chi connectivity index (χ4n) is 2.84. The van der Waals surface area contributed by atoms with E-state index < -0.39 is 0 Å². The number of nitrogens with zero attached hydrogens (tertiary/aromatic N) is 2. The van der Waals surface area contributed by atoms with Crippen molar-refractivity contribution in [3.63, 3.8) is 0 Å². The second-order valence-corrected chi connectivity index (χ2v) is 6.11. The van der Waals surface area contributed by atoms with Crippen molar-refractivity contribution < 1.29 is 13.9 Å². The van der Waals surface area contributed by atoms with Gasteiger partial charge in [0.2, 0.25) is 0 Å². The van der Waals surface area contributed by atoms with Crippen LogP contribution in [0.2, 0.25) is 0 Å². The van der Waals surface area contributed by atoms with Crippen molar-refractivity contribution in [3.8, 4) is 0 Å². The molecule has 2 aromatic rings. The van der Waals surface area contributed by atoms with Crippen molar-refractivity contribution in [1.29, 1.82) is 0 Å². The Kier molecular flexibility index (Phi) is 4.81. The van der Waals surface area contributed by atoms with Gasteiger partial charge in [0.25, 0.3) is 5.91 Å². The quantitative estimate of drug-likeness (QED) is 0.868. The first-order valence-electron chi connectivity index (χ1n) is 7.98. The van der Waals surface area contributed by atoms with E-state index in [0.29, 0.717) is 25.3 Å². The van der Waals surface area contributed by atoms with Crippen LogP contribution in [0.4, 0.5) is 10.1 Å². The fraction of sp³-hybridized carbons (Fsp3) is 0.316. The van der Waals surface area contributed by atoms with Crippen molar-refractivity contribution in [1.82, 2.24) is 4.90 Å². The third kappa shape index (κ3) is 3.57. The van der Waals surface area contributed by atoms with E-state index in [9.17, 15) is 9.18 Å². The summed E-state index contributed by atoms with van der Waals surface area (Å²) in [4.78, 5) is 16.5. The van der Waals surface area contributed by atoms with Gasteiger partial charge in [-0.15, -0.1) is 0 Å². The maximum absolute atomic E-state index is 13.4. The summed E-state index contributed by atoms with van der Waals surface area (Å²) in [5.41, 5.74) is 2.39. The molecule has 0 unspecified atom stereocenters. The zero-order valence-corrected chi connectivity index (χ0v) is 13.9. The van der Waals surface area contributed by atoms with Gasteiger partial charge in [0.1, 0.15) is 11.9 Å². The molecule has 1 saturated heterocycles. The van der Waals surface area contributed by atoms with Gasteiger partial charge in [0.05, 0.1) is 13.2 Å². The number of halogens is 1. The third-order valence-electron chi connectivity index (χ3n) is 4.18. The number of ether oxygens (including phenoxy) is 1. The molecule has 24 heavy (non-hydrogen) atoms. The molecular weight excluding hydrogens is 307 g/mol. The molecule has 0 saturated carbocycles. The van der Waals surface area contributed by atoms with E-state index in [-0.39, 0.29) is 17.8 Å². The average molecular weight is 328 g/mol. The second-order valence-electron chi connectivity index (χ2n) is 6.11. The zero-order chi connectivity index (χ0) is 17.1. The summed E-state index contributed by atoms with van der Waals surface area (Å²) < 4.78 is 19.2. The zero-order valence-electron chi connectivity index (χ0n) is 13.9. The third-order valence-corrected chi connectivity index (χ3v) is 4.18. The number of carbonyl (C=O) groups is 1. The van der Waals surface area contributed by atoms with Crippen LogP contribution in [0.1, 0.15) is 22.0 Å². The summed E-state index contributed by atoms with van der Waals surface area (Å²) in [6.07, 6.45) is -0.296. The van der Waals surface area contributed by atoms with Crippen molar-refractivity contribution in [2.24, 2.45) is 0 Å². The molecule has 3 rings (SSSR count). The van der Waals surface area contributed by atoms with Crippen molar-refractivity contribution in [2.45, 2.75) is 6.10 Å². The number of hydrogen-bond donors (Lipinski definition) is 0. The van der Waals surface area contributed by atoms with E-state index in [0.717, 1.165) is 11.3 Å². The molecule has 0 aliphatic carbocycles. The van der Waals surface area contributed by atoms with Crippen LogP contribution in [0.15, 0.2) is 48.5 Å². The first kappa shape index (κ1) is 16.5. The van der Waals surface area contributed by atoms with Gasteiger partial charge in [-0.2, -0.15) is 0 Å². The minimum atomic E-state index is -0.296. The molecule has 0 radical (unpaired) electrons. The Hall–Kier alpha value is -2.40. The Bertz CT molecular complexity index is 733. The first-order valence-corrected chi connectivity index (χ1v) is 7.98. The van der Waals surface area contributed by atoms with Gasteiger partial charge in [0, 0.05) is 31.9 Å². The highest BCUT2D eigenvalue weighted by molar-refractivity contribution is 5.95. The number of amides is 1. The molecule has 2 aromatic carbocycles. The van der Waals surface area contributed by atoms with E-state index in [1.807, 2.05) is 49.3 Å². The monoisotopic (exact) mass is 328 g/mol. The summed E-state index contributed by atoms with van der Waals surface area (Å²) in [6, 6.07) is 13.9. The Morgan fingerprint density at radius 1 is 1.21 bits per heavy atom. The predicted octanol–water partition coefficient (Wildman–Crippen LogP) is 3.11. The van der Waals surface area contributed by atoms with Gasteiger partial charge in [-0.05, 0) is 35.9 Å². The lowest BCUT2D eigenvalue weighted by Gasteiger charge is -2.33. The largest absolute Gasteiger partial charge is 0.378 e. The molecule has 1 heterocycles. The van der Waals surface area contributed by atoms with Crippen LogP contribution >= 0.6 is 0 Å². The van der Waals surface area contributed by atoms with E-state index >= 15 is 0 Å². The molecule has 1 amide bonds. The summed E-state index contributed by atoms with van der Waals surface area (Å²) >= 11 is 0. The molecule has 1 aliphatic heterocycles. The predicted molar refractivity (Wildman–Crippen MR) is 91.8 cm³/mol. The van der Waals surface area contributed by atoms with Gasteiger partial charge in [-0.3, -0.25) is 4.79 Å². The van der Waals surface area contributed by atoms with Crippen LogP contribution in [-0.4, -0.2) is 44.6 Å². The van der Waals surface area contributed by atoms with Gasteiger partial charge in [0.15, 0.2) is 0 Å². The molecule has 1 aliphatic rings. The average Bonchev–Trinajstić information content (AvgIpc) is 2.61. The SMILES string of the molecule is CN(C)c1cccc(C(=O)N2CCO[C@H](c3cccc(F)c3)C2)c1. The number of hydrogen-bond acceptors (Lipinski definition) is 3. The first-order chi connectivity index (χ1) is 11.5. The number of carbonyl (C=O) groups excluding carboxylic acids is 1. The number of morpholine rings is 1. The van der Waals surface area contributed by atoms with Crippen molar-refractivity contribution >= 4 is 11.6 Å². The van der Waals surface area contributed by atoms with Crippen LogP contribution in [0.5, 0.6) is 0 Å². The lowest BCUT2D eigenvalue weighted by molar-refractivity contribution is -0.0229. The molecule has 1 atom stereocenters. The van der Waals surface area contributed by atoms with E-state index in [4.69, 9.17) is 4.74 Å². The molecule has 4 nitrogen and oxygen atoms in total. The molecular formula is C19H21FN2O2. The Morgan fingerprint density at radius 2 is 2.00 bits per heavy atom. The molecule has 0 spiro atoms. The molecule has 0 aromatic heterocycles. The lowest BCUT2D eigenvalue weighted by atomic mass is 10.1. The maximum Gasteiger partial charge on any atom is 0.254 e. The number of rotatable bonds is 3. The van der Waals surface area contributed by atoms with E-state index in [1.165, 1.54) is 12.1 Å². The Morgan fingerprint density at radius 3 is 2.75 bits per heavy atom. The molecule has 0 bridgehead atoms. The Labute approximate surface area is 141 Å². The van der Waals surface area contributed by atoms with Crippen LogP contribution in [0.25, 0.3) is 0 Å². The topological polar surface area (TPSA) is 32.8 Å². The highest BCUT2D eigenvalue weighted by Gasteiger charge is 2.26. The summed E-state index contributed by atoms with van der Waals surface area (Å²) in [5, 5.41) is 0. The van der Waals surface area contributed by atoms with Gasteiger partial charge >= 0.3 is 0 Å². The van der Waals surface area contributed by atoms with Gasteiger partial charge in [-0.1, -0.05) is 18.2 Å². The molecule has 1 fully saturated rings. The van der Waals surface area contributed by atoms with Gasteiger partial charge in [-0.25, -0.2) is 4.39 Å². The smallest absolute Gasteiger partial charge is 0.254 e.